The third kappa shape index (κ3) is 5.94. The molecule has 0 aliphatic carbocycles. The van der Waals surface area contributed by atoms with Gasteiger partial charge in [0.05, 0.1) is 13.2 Å². The molecule has 2 saturated heterocycles. The van der Waals surface area contributed by atoms with Gasteiger partial charge in [-0.2, -0.15) is 0 Å². The largest absolute Gasteiger partial charge is 0.394 e. The van der Waals surface area contributed by atoms with E-state index < -0.39 is 49.0 Å². The first-order valence-electron chi connectivity index (χ1n) is 8.90. The van der Waals surface area contributed by atoms with Gasteiger partial charge in [-0.25, -0.2) is 4.79 Å². The molecular weight excluding hydrogens is 380 g/mol. The number of rotatable bonds is 10. The predicted molar refractivity (Wildman–Crippen MR) is 87.8 cm³/mol. The van der Waals surface area contributed by atoms with Gasteiger partial charge in [0.15, 0.2) is 6.29 Å². The van der Waals surface area contributed by atoms with Gasteiger partial charge in [-0.3, -0.25) is 14.4 Å². The molecule has 0 aromatic heterocycles. The Balaban J connectivity index is 1.54. The van der Waals surface area contributed by atoms with Crippen molar-refractivity contribution in [2.24, 2.45) is 0 Å². The summed E-state index contributed by atoms with van der Waals surface area (Å²) in [6.45, 7) is -0.358. The number of hydrogen-bond donors (Lipinski definition) is 4. The summed E-state index contributed by atoms with van der Waals surface area (Å²) in [4.78, 5) is 50.6. The van der Waals surface area contributed by atoms with Gasteiger partial charge in [-0.05, 0) is 6.42 Å². The number of aliphatic hydroxyl groups is 3. The number of nitrogens with one attached hydrogen (secondary N) is 1. The molecule has 0 bridgehead atoms. The molecule has 1 unspecified atom stereocenters. The molecule has 2 fully saturated rings. The lowest BCUT2D eigenvalue weighted by atomic mass is 10.1. The summed E-state index contributed by atoms with van der Waals surface area (Å²) in [6, 6.07) is 0. The zero-order valence-electron chi connectivity index (χ0n) is 15.1. The summed E-state index contributed by atoms with van der Waals surface area (Å²) in [6.07, 6.45) is -4.51. The second kappa shape index (κ2) is 10.4. The maximum atomic E-state index is 11.7. The molecule has 3 amide bonds. The molecule has 4 N–H and O–H groups in total. The standard InChI is InChI=1S/C16H24N2O10/c19-8-9-14(24)15(25)16(27-9)26-7-6-17-10(20)2-1-3-13(23)28-18-11(21)4-5-12(18)22/h9,14-16,19,24-25H,1-8H2,(H,17,20)/t9-,14?,15+,16-/m1/s1. The number of hydrogen-bond acceptors (Lipinski definition) is 10. The van der Waals surface area contributed by atoms with Crippen LogP contribution >= 0.6 is 0 Å². The van der Waals surface area contributed by atoms with Crippen LogP contribution < -0.4 is 5.32 Å². The lowest BCUT2D eigenvalue weighted by Gasteiger charge is -2.15. The Morgan fingerprint density at radius 2 is 1.82 bits per heavy atom. The maximum Gasteiger partial charge on any atom is 0.333 e. The number of nitrogens with zero attached hydrogens (tertiary/aromatic N) is 1. The van der Waals surface area contributed by atoms with Crippen molar-refractivity contribution in [2.45, 2.75) is 56.7 Å². The van der Waals surface area contributed by atoms with Crippen LogP contribution in [0.15, 0.2) is 0 Å². The van der Waals surface area contributed by atoms with E-state index in [-0.39, 0.29) is 51.2 Å². The van der Waals surface area contributed by atoms with Crippen molar-refractivity contribution in [3.05, 3.63) is 0 Å². The van der Waals surface area contributed by atoms with Crippen molar-refractivity contribution in [3.8, 4) is 0 Å². The Hall–Kier alpha value is -2.12. The Morgan fingerprint density at radius 3 is 2.43 bits per heavy atom. The highest BCUT2D eigenvalue weighted by atomic mass is 16.7. The molecular formula is C16H24N2O10. The van der Waals surface area contributed by atoms with E-state index in [1.807, 2.05) is 0 Å². The van der Waals surface area contributed by atoms with E-state index in [0.29, 0.717) is 5.06 Å². The van der Waals surface area contributed by atoms with Crippen LogP contribution in [0.25, 0.3) is 0 Å². The molecule has 0 saturated carbocycles. The van der Waals surface area contributed by atoms with Gasteiger partial charge in [0.25, 0.3) is 11.8 Å². The summed E-state index contributed by atoms with van der Waals surface area (Å²) in [5, 5.41) is 31.2. The van der Waals surface area contributed by atoms with Crippen LogP contribution in [0.5, 0.6) is 0 Å². The van der Waals surface area contributed by atoms with E-state index in [1.54, 1.807) is 0 Å². The second-order valence-electron chi connectivity index (χ2n) is 6.33. The molecule has 12 nitrogen and oxygen atoms in total. The van der Waals surface area contributed by atoms with Crippen LogP contribution in [0.2, 0.25) is 0 Å². The highest BCUT2D eigenvalue weighted by Gasteiger charge is 2.42. The summed E-state index contributed by atoms with van der Waals surface area (Å²) in [7, 11) is 0. The fraction of sp³-hybridized carbons (Fsp3) is 0.750. The predicted octanol–water partition coefficient (Wildman–Crippen LogP) is -2.66. The van der Waals surface area contributed by atoms with Crippen molar-refractivity contribution in [3.63, 3.8) is 0 Å². The van der Waals surface area contributed by atoms with Crippen molar-refractivity contribution in [1.29, 1.82) is 0 Å². The zero-order chi connectivity index (χ0) is 20.7. The Bertz CT molecular complexity index is 582. The third-order valence-electron chi connectivity index (χ3n) is 4.19. The van der Waals surface area contributed by atoms with E-state index in [4.69, 9.17) is 14.6 Å². The molecule has 158 valence electrons. The Kier molecular flexibility index (Phi) is 8.26. The number of carbonyl (C=O) groups excluding carboxylic acids is 4. The number of carbonyl (C=O) groups is 4. The molecule has 4 atom stereocenters. The highest BCUT2D eigenvalue weighted by molar-refractivity contribution is 6.01. The van der Waals surface area contributed by atoms with Crippen LogP contribution in [-0.4, -0.2) is 88.4 Å². The summed E-state index contributed by atoms with van der Waals surface area (Å²) in [5.41, 5.74) is 0. The zero-order valence-corrected chi connectivity index (χ0v) is 15.1. The molecule has 0 aromatic rings. The van der Waals surface area contributed by atoms with E-state index in [1.165, 1.54) is 0 Å². The lowest BCUT2D eigenvalue weighted by Crippen LogP contribution is -2.36. The number of hydroxylamine groups is 2. The molecule has 0 aromatic carbocycles. The molecule has 2 rings (SSSR count). The minimum Gasteiger partial charge on any atom is -0.394 e. The van der Waals surface area contributed by atoms with Crippen LogP contribution in [0.4, 0.5) is 0 Å². The number of aliphatic hydroxyl groups excluding tert-OH is 3. The van der Waals surface area contributed by atoms with Crippen molar-refractivity contribution in [1.82, 2.24) is 10.4 Å². The van der Waals surface area contributed by atoms with E-state index in [0.717, 1.165) is 0 Å². The second-order valence-corrected chi connectivity index (χ2v) is 6.33. The van der Waals surface area contributed by atoms with Crippen LogP contribution in [-0.2, 0) is 33.5 Å². The molecule has 0 spiro atoms. The van der Waals surface area contributed by atoms with Crippen LogP contribution in [0, 0.1) is 0 Å². The average molecular weight is 404 g/mol. The van der Waals surface area contributed by atoms with Crippen molar-refractivity contribution < 1.29 is 48.8 Å². The summed E-state index contributed by atoms with van der Waals surface area (Å²) in [5.74, 6) is -2.26. The fourth-order valence-corrected chi connectivity index (χ4v) is 2.66. The Morgan fingerprint density at radius 1 is 1.14 bits per heavy atom. The molecule has 28 heavy (non-hydrogen) atoms. The molecule has 2 aliphatic heterocycles. The maximum absolute atomic E-state index is 11.7. The fourth-order valence-electron chi connectivity index (χ4n) is 2.66. The molecule has 2 aliphatic rings. The Labute approximate surface area is 160 Å². The number of amides is 3. The lowest BCUT2D eigenvalue weighted by molar-refractivity contribution is -0.197. The van der Waals surface area contributed by atoms with Gasteiger partial charge in [0.2, 0.25) is 5.91 Å². The first-order valence-corrected chi connectivity index (χ1v) is 8.90. The van der Waals surface area contributed by atoms with E-state index in [2.05, 4.69) is 10.2 Å². The normalized spacial score (nSPS) is 27.3. The number of imide groups is 1. The molecule has 2 heterocycles. The smallest absolute Gasteiger partial charge is 0.333 e. The van der Waals surface area contributed by atoms with Crippen molar-refractivity contribution >= 4 is 23.7 Å². The van der Waals surface area contributed by atoms with Gasteiger partial charge in [0.1, 0.15) is 18.3 Å². The quantitative estimate of drug-likeness (QED) is 0.222. The van der Waals surface area contributed by atoms with Crippen LogP contribution in [0.1, 0.15) is 32.1 Å². The van der Waals surface area contributed by atoms with Gasteiger partial charge >= 0.3 is 5.97 Å². The van der Waals surface area contributed by atoms with E-state index >= 15 is 0 Å². The van der Waals surface area contributed by atoms with Crippen LogP contribution in [0.3, 0.4) is 0 Å². The third-order valence-corrected chi connectivity index (χ3v) is 4.19. The first-order chi connectivity index (χ1) is 13.3. The van der Waals surface area contributed by atoms with Gasteiger partial charge in [-0.15, -0.1) is 5.06 Å². The van der Waals surface area contributed by atoms with Gasteiger partial charge in [0, 0.05) is 32.2 Å². The minimum atomic E-state index is -1.30. The van der Waals surface area contributed by atoms with Gasteiger partial charge < -0.3 is 34.9 Å². The van der Waals surface area contributed by atoms with Crippen molar-refractivity contribution in [2.75, 3.05) is 19.8 Å². The monoisotopic (exact) mass is 404 g/mol. The molecule has 12 heteroatoms. The average Bonchev–Trinajstić information content (AvgIpc) is 3.12. The first kappa shape index (κ1) is 22.2. The summed E-state index contributed by atoms with van der Waals surface area (Å²) < 4.78 is 10.3. The van der Waals surface area contributed by atoms with Gasteiger partial charge in [-0.1, -0.05) is 0 Å². The van der Waals surface area contributed by atoms with E-state index in [9.17, 15) is 29.4 Å². The minimum absolute atomic E-state index is 0.000436. The topological polar surface area (TPSA) is 172 Å². The number of ether oxygens (including phenoxy) is 2. The SMILES string of the molecule is O=C(CCCC(=O)ON1C(=O)CCC1=O)NCCO[C@@H]1O[C@H](CO)C(O)[C@@H]1O. The highest BCUT2D eigenvalue weighted by Crippen LogP contribution is 2.21. The summed E-state index contributed by atoms with van der Waals surface area (Å²) >= 11 is 0. The molecule has 0 radical (unpaired) electrons.